The minimum absolute atomic E-state index is 0.217. The largest absolute Gasteiger partial charge is 0.496 e. The maximum absolute atomic E-state index is 12.8. The molecule has 0 aromatic heterocycles. The first-order valence-electron chi connectivity index (χ1n) is 9.17. The third-order valence-corrected chi connectivity index (χ3v) is 4.82. The fraction of sp³-hybridized carbons (Fsp3) is 0.167. The summed E-state index contributed by atoms with van der Waals surface area (Å²) in [5.41, 5.74) is 4.73. The van der Waals surface area contributed by atoms with Crippen LogP contribution in [0.5, 0.6) is 17.2 Å². The van der Waals surface area contributed by atoms with Gasteiger partial charge in [0, 0.05) is 11.3 Å². The monoisotopic (exact) mass is 386 g/mol. The number of carbonyl (C=O) groups is 1. The van der Waals surface area contributed by atoms with Gasteiger partial charge < -0.3 is 14.8 Å². The molecule has 0 atom stereocenters. The molecule has 5 heteroatoms. The molecule has 0 saturated carbocycles. The van der Waals surface area contributed by atoms with Gasteiger partial charge in [-0.25, -0.2) is 0 Å². The van der Waals surface area contributed by atoms with Crippen molar-refractivity contribution in [1.29, 1.82) is 5.26 Å². The maximum atomic E-state index is 12.8. The Kier molecular flexibility index (Phi) is 5.85. The average Bonchev–Trinajstić information content (AvgIpc) is 2.74. The summed E-state index contributed by atoms with van der Waals surface area (Å²) in [5, 5.41) is 11.9. The van der Waals surface area contributed by atoms with Crippen LogP contribution in [0.1, 0.15) is 32.6 Å². The number of rotatable bonds is 5. The van der Waals surface area contributed by atoms with Gasteiger partial charge in [0.2, 0.25) is 0 Å². The molecule has 1 N–H and O–H groups in total. The number of nitriles is 1. The minimum Gasteiger partial charge on any atom is -0.496 e. The van der Waals surface area contributed by atoms with E-state index in [0.29, 0.717) is 22.6 Å². The highest BCUT2D eigenvalue weighted by Gasteiger charge is 2.15. The van der Waals surface area contributed by atoms with Crippen LogP contribution in [0.2, 0.25) is 0 Å². The topological polar surface area (TPSA) is 71.3 Å². The number of nitrogens with zero attached hydrogens (tertiary/aromatic N) is 1. The van der Waals surface area contributed by atoms with Crippen molar-refractivity contribution < 1.29 is 14.3 Å². The van der Waals surface area contributed by atoms with Crippen LogP contribution < -0.4 is 14.8 Å². The molecule has 0 bridgehead atoms. The summed E-state index contributed by atoms with van der Waals surface area (Å²) in [6.45, 7) is 5.87. The molecule has 0 radical (unpaired) electrons. The van der Waals surface area contributed by atoms with Crippen LogP contribution in [0.4, 0.5) is 5.69 Å². The second-order valence-corrected chi connectivity index (χ2v) is 6.74. The van der Waals surface area contributed by atoms with Gasteiger partial charge in [0.25, 0.3) is 5.91 Å². The Bertz CT molecular complexity index is 1100. The molecule has 29 heavy (non-hydrogen) atoms. The average molecular weight is 386 g/mol. The Morgan fingerprint density at radius 2 is 1.69 bits per heavy atom. The summed E-state index contributed by atoms with van der Waals surface area (Å²) < 4.78 is 11.2. The van der Waals surface area contributed by atoms with Gasteiger partial charge in [0.15, 0.2) is 0 Å². The Morgan fingerprint density at radius 3 is 2.34 bits per heavy atom. The highest BCUT2D eigenvalue weighted by Crippen LogP contribution is 2.31. The molecule has 5 nitrogen and oxygen atoms in total. The second-order valence-electron chi connectivity index (χ2n) is 6.74. The van der Waals surface area contributed by atoms with E-state index >= 15 is 0 Å². The van der Waals surface area contributed by atoms with E-state index in [0.717, 1.165) is 28.1 Å². The second kappa shape index (κ2) is 8.49. The van der Waals surface area contributed by atoms with Crippen molar-refractivity contribution >= 4 is 11.6 Å². The number of nitrogens with one attached hydrogen (secondary N) is 1. The maximum Gasteiger partial charge on any atom is 0.255 e. The van der Waals surface area contributed by atoms with Gasteiger partial charge >= 0.3 is 0 Å². The highest BCUT2D eigenvalue weighted by atomic mass is 16.5. The lowest BCUT2D eigenvalue weighted by atomic mass is 10.0. The Hall–Kier alpha value is -3.78. The van der Waals surface area contributed by atoms with Crippen LogP contribution in [0, 0.1) is 32.1 Å². The molecule has 0 aliphatic heterocycles. The van der Waals surface area contributed by atoms with Crippen molar-refractivity contribution in [2.45, 2.75) is 20.8 Å². The van der Waals surface area contributed by atoms with E-state index < -0.39 is 0 Å². The van der Waals surface area contributed by atoms with Crippen LogP contribution in [-0.2, 0) is 0 Å². The van der Waals surface area contributed by atoms with E-state index in [9.17, 15) is 4.79 Å². The lowest BCUT2D eigenvalue weighted by Gasteiger charge is -2.17. The summed E-state index contributed by atoms with van der Waals surface area (Å²) in [6.07, 6.45) is 0. The number of benzene rings is 3. The van der Waals surface area contributed by atoms with Crippen molar-refractivity contribution in [2.24, 2.45) is 0 Å². The molecule has 0 spiro atoms. The van der Waals surface area contributed by atoms with E-state index in [1.807, 2.05) is 26.8 Å². The van der Waals surface area contributed by atoms with Gasteiger partial charge in [0.1, 0.15) is 17.2 Å². The number of amides is 1. The highest BCUT2D eigenvalue weighted by molar-refractivity contribution is 6.05. The van der Waals surface area contributed by atoms with Crippen molar-refractivity contribution in [2.75, 3.05) is 12.4 Å². The van der Waals surface area contributed by atoms with Gasteiger partial charge in [-0.2, -0.15) is 5.26 Å². The molecule has 3 aromatic carbocycles. The minimum atomic E-state index is -0.217. The summed E-state index contributed by atoms with van der Waals surface area (Å²) in [5.74, 6) is 1.72. The molecule has 0 aliphatic carbocycles. The fourth-order valence-corrected chi connectivity index (χ4v) is 3.07. The molecule has 3 aromatic rings. The van der Waals surface area contributed by atoms with Crippen LogP contribution in [0.25, 0.3) is 0 Å². The number of anilines is 1. The van der Waals surface area contributed by atoms with Gasteiger partial charge in [-0.3, -0.25) is 4.79 Å². The predicted octanol–water partition coefficient (Wildman–Crippen LogP) is 5.54. The van der Waals surface area contributed by atoms with Crippen molar-refractivity contribution in [3.8, 4) is 23.3 Å². The zero-order chi connectivity index (χ0) is 21.0. The smallest absolute Gasteiger partial charge is 0.255 e. The number of carbonyl (C=O) groups excluding carboxylic acids is 1. The zero-order valence-electron chi connectivity index (χ0n) is 16.9. The van der Waals surface area contributed by atoms with E-state index in [1.54, 1.807) is 55.6 Å². The molecule has 1 amide bonds. The molecule has 0 aliphatic rings. The van der Waals surface area contributed by atoms with E-state index in [-0.39, 0.29) is 5.91 Å². The standard InChI is InChI=1S/C24H22N2O3/c1-15-12-22(28-4)16(2)17(3)23(15)26-24(27)19-6-5-7-21(13-19)29-20-10-8-18(14-25)9-11-20/h5-13H,1-4H3,(H,26,27). The first-order valence-corrected chi connectivity index (χ1v) is 9.17. The first-order chi connectivity index (χ1) is 13.9. The Morgan fingerprint density at radius 1 is 0.966 bits per heavy atom. The quantitative estimate of drug-likeness (QED) is 0.625. The molecule has 0 fully saturated rings. The van der Waals surface area contributed by atoms with Crippen LogP contribution in [0.15, 0.2) is 54.6 Å². The molecular formula is C24H22N2O3. The van der Waals surface area contributed by atoms with Crippen molar-refractivity contribution in [1.82, 2.24) is 0 Å². The van der Waals surface area contributed by atoms with Gasteiger partial charge in [-0.1, -0.05) is 6.07 Å². The number of hydrogen-bond acceptors (Lipinski definition) is 4. The van der Waals surface area contributed by atoms with Crippen LogP contribution in [0.3, 0.4) is 0 Å². The molecule has 3 rings (SSSR count). The molecule has 0 saturated heterocycles. The lowest BCUT2D eigenvalue weighted by molar-refractivity contribution is 0.102. The molecular weight excluding hydrogens is 364 g/mol. The number of methoxy groups -OCH3 is 1. The third-order valence-electron chi connectivity index (χ3n) is 4.82. The van der Waals surface area contributed by atoms with Crippen LogP contribution >= 0.6 is 0 Å². The van der Waals surface area contributed by atoms with Crippen molar-refractivity contribution in [3.05, 3.63) is 82.4 Å². The number of hydrogen-bond donors (Lipinski definition) is 1. The summed E-state index contributed by atoms with van der Waals surface area (Å²) in [7, 11) is 1.64. The Balaban J connectivity index is 1.81. The Labute approximate surface area is 170 Å². The van der Waals surface area contributed by atoms with Gasteiger partial charge in [-0.05, 0) is 86.0 Å². The van der Waals surface area contributed by atoms with E-state index in [4.69, 9.17) is 14.7 Å². The van der Waals surface area contributed by atoms with Gasteiger partial charge in [-0.15, -0.1) is 0 Å². The summed E-state index contributed by atoms with van der Waals surface area (Å²) >= 11 is 0. The van der Waals surface area contributed by atoms with E-state index in [1.165, 1.54) is 0 Å². The number of ether oxygens (including phenoxy) is 2. The van der Waals surface area contributed by atoms with E-state index in [2.05, 4.69) is 11.4 Å². The van der Waals surface area contributed by atoms with Crippen molar-refractivity contribution in [3.63, 3.8) is 0 Å². The summed E-state index contributed by atoms with van der Waals surface area (Å²) in [6, 6.07) is 17.8. The zero-order valence-corrected chi connectivity index (χ0v) is 16.9. The SMILES string of the molecule is COc1cc(C)c(NC(=O)c2cccc(Oc3ccc(C#N)cc3)c2)c(C)c1C. The molecule has 146 valence electrons. The summed E-state index contributed by atoms with van der Waals surface area (Å²) in [4.78, 5) is 12.8. The third kappa shape index (κ3) is 4.39. The van der Waals surface area contributed by atoms with Crippen LogP contribution in [-0.4, -0.2) is 13.0 Å². The molecule has 0 heterocycles. The normalized spacial score (nSPS) is 10.2. The number of aryl methyl sites for hydroxylation is 1. The first kappa shape index (κ1) is 20.0. The molecule has 0 unspecified atom stereocenters. The predicted molar refractivity (Wildman–Crippen MR) is 113 cm³/mol. The van der Waals surface area contributed by atoms with Gasteiger partial charge in [0.05, 0.1) is 18.7 Å². The lowest BCUT2D eigenvalue weighted by Crippen LogP contribution is -2.14. The fourth-order valence-electron chi connectivity index (χ4n) is 3.07.